The molecule has 1 fully saturated rings. The number of piperidine rings is 1. The quantitative estimate of drug-likeness (QED) is 0.204. The maximum Gasteiger partial charge on any atom is 0.223 e. The van der Waals surface area contributed by atoms with Gasteiger partial charge in [0, 0.05) is 34.3 Å². The second-order valence-electron chi connectivity index (χ2n) is 10.6. The fourth-order valence-corrected chi connectivity index (χ4v) is 6.39. The number of nitrogens with zero attached hydrogens (tertiary/aromatic N) is 3. The van der Waals surface area contributed by atoms with Crippen molar-refractivity contribution in [2.75, 3.05) is 13.1 Å². The molecule has 1 aliphatic rings. The van der Waals surface area contributed by atoms with E-state index in [1.165, 1.54) is 21.4 Å². The number of carbonyl (C=O) groups is 1. The van der Waals surface area contributed by atoms with E-state index >= 15 is 0 Å². The number of benzene rings is 2. The lowest BCUT2D eigenvalue weighted by atomic mass is 9.96. The highest BCUT2D eigenvalue weighted by molar-refractivity contribution is 7.09. The van der Waals surface area contributed by atoms with Gasteiger partial charge in [0.15, 0.2) is 5.82 Å². The average Bonchev–Trinajstić information content (AvgIpc) is 3.76. The lowest BCUT2D eigenvalue weighted by Gasteiger charge is -2.25. The Morgan fingerprint density at radius 2 is 1.80 bits per heavy atom. The second kappa shape index (κ2) is 12.6. The summed E-state index contributed by atoms with van der Waals surface area (Å²) in [4.78, 5) is 18.1. The lowest BCUT2D eigenvalue weighted by Crippen LogP contribution is -2.40. The molecule has 0 bridgehead atoms. The van der Waals surface area contributed by atoms with Crippen LogP contribution in [0.1, 0.15) is 53.0 Å². The number of H-pyrrole nitrogens is 1. The number of hydrogen-bond acceptors (Lipinski definition) is 5. The van der Waals surface area contributed by atoms with E-state index in [1.807, 2.05) is 6.07 Å². The number of rotatable bonds is 11. The molecule has 0 unspecified atom stereocenters. The highest BCUT2D eigenvalue weighted by atomic mass is 32.1. The number of thiophene rings is 1. The number of amides is 1. The molecule has 0 radical (unpaired) electrons. The van der Waals surface area contributed by atoms with Gasteiger partial charge in [0.1, 0.15) is 5.82 Å². The Labute approximate surface area is 239 Å². The van der Waals surface area contributed by atoms with Crippen LogP contribution in [0.5, 0.6) is 0 Å². The van der Waals surface area contributed by atoms with Crippen LogP contribution in [0.4, 0.5) is 0 Å². The molecule has 3 aromatic heterocycles. The Morgan fingerprint density at radius 1 is 0.975 bits per heavy atom. The topological polar surface area (TPSA) is 87.6 Å². The van der Waals surface area contributed by atoms with Crippen LogP contribution in [0, 0.1) is 5.92 Å². The van der Waals surface area contributed by atoms with Crippen molar-refractivity contribution in [3.63, 3.8) is 0 Å². The van der Waals surface area contributed by atoms with Crippen molar-refractivity contribution >= 4 is 28.1 Å². The molecular weight excluding hydrogens is 516 g/mol. The van der Waals surface area contributed by atoms with Crippen LogP contribution < -0.4 is 10.6 Å². The van der Waals surface area contributed by atoms with Crippen LogP contribution in [0.3, 0.4) is 0 Å². The molecule has 1 saturated heterocycles. The van der Waals surface area contributed by atoms with Gasteiger partial charge in [-0.05, 0) is 73.8 Å². The summed E-state index contributed by atoms with van der Waals surface area (Å²) in [5, 5.41) is 19.6. The van der Waals surface area contributed by atoms with E-state index in [4.69, 9.17) is 10.2 Å². The highest BCUT2D eigenvalue weighted by Gasteiger charge is 2.28. The Balaban J connectivity index is 1.29. The van der Waals surface area contributed by atoms with E-state index in [9.17, 15) is 4.79 Å². The predicted molar refractivity (Wildman–Crippen MR) is 160 cm³/mol. The highest BCUT2D eigenvalue weighted by Crippen LogP contribution is 2.26. The minimum Gasteiger partial charge on any atom is -0.361 e. The molecule has 1 atom stereocenters. The molecular formula is C32H36N6OS. The van der Waals surface area contributed by atoms with Gasteiger partial charge >= 0.3 is 0 Å². The number of aromatic nitrogens is 4. The molecule has 206 valence electrons. The maximum atomic E-state index is 13.5. The van der Waals surface area contributed by atoms with Crippen molar-refractivity contribution in [2.24, 2.45) is 5.92 Å². The van der Waals surface area contributed by atoms with Crippen molar-refractivity contribution in [1.82, 2.24) is 30.4 Å². The third kappa shape index (κ3) is 6.18. The minimum atomic E-state index is -0.228. The normalized spacial score (nSPS) is 14.9. The number of hydrogen-bond donors (Lipinski definition) is 3. The zero-order chi connectivity index (χ0) is 27.1. The summed E-state index contributed by atoms with van der Waals surface area (Å²) in [5.74, 6) is 1.96. The summed E-state index contributed by atoms with van der Waals surface area (Å²) in [6.45, 7) is 2.48. The fraction of sp³-hybridized carbons (Fsp3) is 0.344. The Morgan fingerprint density at radius 3 is 2.62 bits per heavy atom. The van der Waals surface area contributed by atoms with Crippen LogP contribution in [-0.4, -0.2) is 38.7 Å². The average molecular weight is 553 g/mol. The molecule has 6 rings (SSSR count). The maximum absolute atomic E-state index is 13.5. The summed E-state index contributed by atoms with van der Waals surface area (Å²) in [6.07, 6.45) is 7.09. The van der Waals surface area contributed by atoms with Gasteiger partial charge in [-0.2, -0.15) is 0 Å². The summed E-state index contributed by atoms with van der Waals surface area (Å²) in [6, 6.07) is 22.9. The number of fused-ring (bicyclic) bond motifs is 1. The monoisotopic (exact) mass is 552 g/mol. The number of aryl methyl sites for hydroxylation is 3. The molecule has 40 heavy (non-hydrogen) atoms. The van der Waals surface area contributed by atoms with Gasteiger partial charge in [0.2, 0.25) is 5.91 Å². The zero-order valence-electron chi connectivity index (χ0n) is 22.7. The van der Waals surface area contributed by atoms with Crippen molar-refractivity contribution in [3.05, 3.63) is 106 Å². The summed E-state index contributed by atoms with van der Waals surface area (Å²) < 4.78 is 2.25. The third-order valence-electron chi connectivity index (χ3n) is 7.95. The summed E-state index contributed by atoms with van der Waals surface area (Å²) >= 11 is 1.74. The van der Waals surface area contributed by atoms with Crippen molar-refractivity contribution in [3.8, 4) is 0 Å². The van der Waals surface area contributed by atoms with Gasteiger partial charge < -0.3 is 20.2 Å². The molecule has 7 nitrogen and oxygen atoms in total. The first-order valence-corrected chi connectivity index (χ1v) is 15.2. The largest absolute Gasteiger partial charge is 0.361 e. The molecule has 0 saturated carbocycles. The smallest absolute Gasteiger partial charge is 0.223 e. The van der Waals surface area contributed by atoms with Gasteiger partial charge in [-0.3, -0.25) is 4.79 Å². The number of nitrogens with one attached hydrogen (secondary N) is 3. The Kier molecular flexibility index (Phi) is 8.35. The molecule has 1 aliphatic heterocycles. The van der Waals surface area contributed by atoms with E-state index in [0.29, 0.717) is 6.54 Å². The van der Waals surface area contributed by atoms with Crippen LogP contribution in [0.2, 0.25) is 0 Å². The number of aromatic amines is 1. The predicted octanol–water partition coefficient (Wildman–Crippen LogP) is 5.44. The minimum absolute atomic E-state index is 0.0306. The van der Waals surface area contributed by atoms with Gasteiger partial charge in [-0.1, -0.05) is 54.6 Å². The van der Waals surface area contributed by atoms with E-state index in [1.54, 1.807) is 11.3 Å². The van der Waals surface area contributed by atoms with Gasteiger partial charge in [0.25, 0.3) is 0 Å². The number of para-hydroxylation sites is 1. The van der Waals surface area contributed by atoms with Crippen molar-refractivity contribution < 1.29 is 4.79 Å². The van der Waals surface area contributed by atoms with E-state index in [0.717, 1.165) is 68.8 Å². The van der Waals surface area contributed by atoms with E-state index in [-0.39, 0.29) is 17.9 Å². The first-order valence-electron chi connectivity index (χ1n) is 14.3. The fourth-order valence-electron chi connectivity index (χ4n) is 5.70. The summed E-state index contributed by atoms with van der Waals surface area (Å²) in [5.41, 5.74) is 3.67. The van der Waals surface area contributed by atoms with Crippen LogP contribution >= 0.6 is 11.3 Å². The molecule has 1 amide bonds. The van der Waals surface area contributed by atoms with Crippen molar-refractivity contribution in [1.29, 1.82) is 0 Å². The first kappa shape index (κ1) is 26.5. The zero-order valence-corrected chi connectivity index (χ0v) is 23.5. The van der Waals surface area contributed by atoms with Crippen LogP contribution in [-0.2, 0) is 30.6 Å². The lowest BCUT2D eigenvalue weighted by molar-refractivity contribution is -0.126. The second-order valence-corrected chi connectivity index (χ2v) is 11.6. The van der Waals surface area contributed by atoms with Gasteiger partial charge in [-0.25, -0.2) is 0 Å². The molecule has 8 heteroatoms. The molecule has 0 spiro atoms. The molecule has 2 aromatic carbocycles. The molecule has 5 aromatic rings. The number of carbonyl (C=O) groups excluding carboxylic acids is 1. The summed E-state index contributed by atoms with van der Waals surface area (Å²) in [7, 11) is 0. The van der Waals surface area contributed by atoms with Crippen LogP contribution in [0.15, 0.2) is 78.3 Å². The van der Waals surface area contributed by atoms with Gasteiger partial charge in [-0.15, -0.1) is 21.5 Å². The van der Waals surface area contributed by atoms with Crippen LogP contribution in [0.25, 0.3) is 10.9 Å². The molecule has 3 N–H and O–H groups in total. The van der Waals surface area contributed by atoms with Crippen molar-refractivity contribution in [2.45, 2.75) is 51.1 Å². The van der Waals surface area contributed by atoms with E-state index in [2.05, 4.69) is 92.4 Å². The molecule has 4 heterocycles. The van der Waals surface area contributed by atoms with Gasteiger partial charge in [0.05, 0.1) is 12.6 Å². The third-order valence-corrected chi connectivity index (χ3v) is 8.81. The Hall–Kier alpha value is -3.75. The van der Waals surface area contributed by atoms with E-state index < -0.39 is 0 Å². The first-order chi connectivity index (χ1) is 19.7. The Bertz CT molecular complexity index is 1520. The standard InChI is InChI=1S/C32H36N6OS/c39-32(24-16-18-33-19-17-24)35-29(14-13-25-21-34-28-11-5-4-10-27(25)28)31-37-36-30(15-12-23-7-2-1-3-8-23)38(31)22-26-9-6-20-40-26/h1-11,20-21,24,29,33-34H,12-19,22H2,(H,35,39)/t29-/m1/s1. The molecule has 0 aliphatic carbocycles. The SMILES string of the molecule is O=C(N[C@H](CCc1c[nH]c2ccccc12)c1nnc(CCc2ccccc2)n1Cc1cccs1)C1CCNCC1.